The molecule has 3 nitrogen and oxygen atoms in total. The van der Waals surface area contributed by atoms with E-state index in [0.29, 0.717) is 29.8 Å². The summed E-state index contributed by atoms with van der Waals surface area (Å²) in [6.45, 7) is 0.747. The molecule has 1 N–H and O–H groups in total. The molecule has 1 saturated heterocycles. The van der Waals surface area contributed by atoms with Gasteiger partial charge in [-0.2, -0.15) is 0 Å². The van der Waals surface area contributed by atoms with E-state index >= 15 is 0 Å². The monoisotopic (exact) mass is 222 g/mol. The van der Waals surface area contributed by atoms with Crippen LogP contribution in [0.3, 0.4) is 0 Å². The van der Waals surface area contributed by atoms with Crippen molar-refractivity contribution < 1.29 is 18.7 Å². The standard InChI is InChI=1S/C12H11FO3/c13-9-1-2-10-8(5-9)6-11(16-10)12(14)3-4-15-7-12/h1-2,5-6,14H,3-4,7H2. The lowest BCUT2D eigenvalue weighted by Gasteiger charge is -2.16. The van der Waals surface area contributed by atoms with Gasteiger partial charge in [0, 0.05) is 11.8 Å². The summed E-state index contributed by atoms with van der Waals surface area (Å²) in [5.41, 5.74) is -0.480. The molecule has 16 heavy (non-hydrogen) atoms. The lowest BCUT2D eigenvalue weighted by Crippen LogP contribution is -2.24. The van der Waals surface area contributed by atoms with E-state index in [2.05, 4.69) is 0 Å². The van der Waals surface area contributed by atoms with E-state index in [9.17, 15) is 9.50 Å². The van der Waals surface area contributed by atoms with Crippen molar-refractivity contribution in [2.24, 2.45) is 0 Å². The van der Waals surface area contributed by atoms with Crippen molar-refractivity contribution >= 4 is 11.0 Å². The number of halogens is 1. The molecule has 1 unspecified atom stereocenters. The molecule has 0 bridgehead atoms. The first-order valence-corrected chi connectivity index (χ1v) is 5.17. The van der Waals surface area contributed by atoms with Crippen LogP contribution in [0.2, 0.25) is 0 Å². The highest BCUT2D eigenvalue weighted by Crippen LogP contribution is 2.34. The molecule has 1 aliphatic rings. The fourth-order valence-electron chi connectivity index (χ4n) is 1.99. The molecular formula is C12H11FO3. The van der Waals surface area contributed by atoms with Crippen molar-refractivity contribution in [1.82, 2.24) is 0 Å². The van der Waals surface area contributed by atoms with Crippen molar-refractivity contribution in [2.45, 2.75) is 12.0 Å². The van der Waals surface area contributed by atoms with Gasteiger partial charge in [0.05, 0.1) is 13.2 Å². The van der Waals surface area contributed by atoms with E-state index in [-0.39, 0.29) is 12.4 Å². The van der Waals surface area contributed by atoms with Crippen LogP contribution in [0.25, 0.3) is 11.0 Å². The van der Waals surface area contributed by atoms with Gasteiger partial charge in [-0.15, -0.1) is 0 Å². The first-order chi connectivity index (χ1) is 7.67. The predicted octanol–water partition coefficient (Wildman–Crippen LogP) is 2.18. The van der Waals surface area contributed by atoms with Crippen LogP contribution in [-0.4, -0.2) is 18.3 Å². The summed E-state index contributed by atoms with van der Waals surface area (Å²) in [5.74, 6) is 0.139. The highest BCUT2D eigenvalue weighted by Gasteiger charge is 2.37. The lowest BCUT2D eigenvalue weighted by molar-refractivity contribution is 0.00579. The van der Waals surface area contributed by atoms with Gasteiger partial charge >= 0.3 is 0 Å². The maximum atomic E-state index is 13.0. The molecule has 0 amide bonds. The van der Waals surface area contributed by atoms with Crippen LogP contribution >= 0.6 is 0 Å². The predicted molar refractivity (Wildman–Crippen MR) is 55.5 cm³/mol. The minimum atomic E-state index is -1.06. The number of ether oxygens (including phenoxy) is 1. The van der Waals surface area contributed by atoms with E-state index in [4.69, 9.17) is 9.15 Å². The molecule has 84 valence electrons. The second-order valence-electron chi connectivity index (χ2n) is 4.13. The zero-order valence-corrected chi connectivity index (χ0v) is 8.57. The molecule has 0 spiro atoms. The van der Waals surface area contributed by atoms with Gasteiger partial charge in [-0.25, -0.2) is 4.39 Å². The molecule has 1 aromatic heterocycles. The van der Waals surface area contributed by atoms with Gasteiger partial charge in [-0.1, -0.05) is 0 Å². The largest absolute Gasteiger partial charge is 0.458 e. The number of rotatable bonds is 1. The molecule has 1 atom stereocenters. The number of hydrogen-bond acceptors (Lipinski definition) is 3. The Kier molecular flexibility index (Phi) is 2.02. The number of hydrogen-bond donors (Lipinski definition) is 1. The van der Waals surface area contributed by atoms with E-state index < -0.39 is 5.60 Å². The van der Waals surface area contributed by atoms with Gasteiger partial charge in [0.25, 0.3) is 0 Å². The number of fused-ring (bicyclic) bond motifs is 1. The number of furan rings is 1. The van der Waals surface area contributed by atoms with Crippen LogP contribution in [-0.2, 0) is 10.3 Å². The molecule has 2 heterocycles. The first-order valence-electron chi connectivity index (χ1n) is 5.17. The highest BCUT2D eigenvalue weighted by atomic mass is 19.1. The molecule has 1 fully saturated rings. The number of aliphatic hydroxyl groups is 1. The van der Waals surface area contributed by atoms with Crippen molar-refractivity contribution in [3.05, 3.63) is 35.8 Å². The van der Waals surface area contributed by atoms with Crippen molar-refractivity contribution in [2.75, 3.05) is 13.2 Å². The van der Waals surface area contributed by atoms with Crippen LogP contribution in [0, 0.1) is 5.82 Å². The second-order valence-corrected chi connectivity index (χ2v) is 4.13. The normalized spacial score (nSPS) is 25.4. The summed E-state index contributed by atoms with van der Waals surface area (Å²) < 4.78 is 23.7. The molecule has 4 heteroatoms. The average molecular weight is 222 g/mol. The Morgan fingerprint density at radius 3 is 2.94 bits per heavy atom. The average Bonchev–Trinajstić information content (AvgIpc) is 2.84. The maximum absolute atomic E-state index is 13.0. The maximum Gasteiger partial charge on any atom is 0.147 e. The van der Waals surface area contributed by atoms with Gasteiger partial charge in [-0.05, 0) is 24.3 Å². The van der Waals surface area contributed by atoms with Crippen molar-refractivity contribution in [3.8, 4) is 0 Å². The molecule has 3 rings (SSSR count). The Hall–Kier alpha value is -1.39. The Morgan fingerprint density at radius 2 is 2.19 bits per heavy atom. The minimum absolute atomic E-state index is 0.231. The van der Waals surface area contributed by atoms with Crippen LogP contribution in [0.1, 0.15) is 12.2 Å². The summed E-state index contributed by atoms with van der Waals surface area (Å²) in [7, 11) is 0. The smallest absolute Gasteiger partial charge is 0.147 e. The van der Waals surface area contributed by atoms with Crippen LogP contribution in [0.5, 0.6) is 0 Å². The lowest BCUT2D eigenvalue weighted by atomic mass is 10.0. The van der Waals surface area contributed by atoms with Crippen LogP contribution < -0.4 is 0 Å². The Morgan fingerprint density at radius 1 is 1.31 bits per heavy atom. The number of benzene rings is 1. The fourth-order valence-corrected chi connectivity index (χ4v) is 1.99. The first kappa shape index (κ1) is 9.81. The second kappa shape index (κ2) is 3.30. The van der Waals surface area contributed by atoms with Gasteiger partial charge in [0.2, 0.25) is 0 Å². The van der Waals surface area contributed by atoms with E-state index in [0.717, 1.165) is 0 Å². The molecule has 0 aliphatic carbocycles. The molecule has 1 aromatic carbocycles. The van der Waals surface area contributed by atoms with Crippen molar-refractivity contribution in [3.63, 3.8) is 0 Å². The minimum Gasteiger partial charge on any atom is -0.458 e. The fraction of sp³-hybridized carbons (Fsp3) is 0.333. The molecule has 0 radical (unpaired) electrons. The van der Waals surface area contributed by atoms with Crippen LogP contribution in [0.15, 0.2) is 28.7 Å². The van der Waals surface area contributed by atoms with Gasteiger partial charge in [-0.3, -0.25) is 0 Å². The van der Waals surface area contributed by atoms with Gasteiger partial charge in [0.15, 0.2) is 0 Å². The zero-order valence-electron chi connectivity index (χ0n) is 8.57. The topological polar surface area (TPSA) is 42.6 Å². The van der Waals surface area contributed by atoms with Crippen LogP contribution in [0.4, 0.5) is 4.39 Å². The highest BCUT2D eigenvalue weighted by molar-refractivity contribution is 5.78. The summed E-state index contributed by atoms with van der Waals surface area (Å²) in [5, 5.41) is 10.9. The van der Waals surface area contributed by atoms with E-state index in [1.165, 1.54) is 12.1 Å². The molecular weight excluding hydrogens is 211 g/mol. The third kappa shape index (κ3) is 1.42. The Balaban J connectivity index is 2.11. The molecule has 0 saturated carbocycles. The Bertz CT molecular complexity index is 526. The third-order valence-electron chi connectivity index (χ3n) is 2.94. The zero-order chi connectivity index (χ0) is 11.2. The summed E-state index contributed by atoms with van der Waals surface area (Å²) in [4.78, 5) is 0. The Labute approximate surface area is 91.4 Å². The van der Waals surface area contributed by atoms with Gasteiger partial charge in [0.1, 0.15) is 22.8 Å². The molecule has 1 aliphatic heterocycles. The molecule has 2 aromatic rings. The van der Waals surface area contributed by atoms with Crippen molar-refractivity contribution in [1.29, 1.82) is 0 Å². The summed E-state index contributed by atoms with van der Waals surface area (Å²) >= 11 is 0. The summed E-state index contributed by atoms with van der Waals surface area (Å²) in [6, 6.07) is 5.97. The van der Waals surface area contributed by atoms with Gasteiger partial charge < -0.3 is 14.3 Å². The summed E-state index contributed by atoms with van der Waals surface area (Å²) in [6.07, 6.45) is 0.509. The quantitative estimate of drug-likeness (QED) is 0.804. The van der Waals surface area contributed by atoms with E-state index in [1.54, 1.807) is 12.1 Å². The van der Waals surface area contributed by atoms with E-state index in [1.807, 2.05) is 0 Å². The third-order valence-corrected chi connectivity index (χ3v) is 2.94. The SMILES string of the molecule is OC1(c2cc3cc(F)ccc3o2)CCOC1.